The summed E-state index contributed by atoms with van der Waals surface area (Å²) < 4.78 is 45.5. The lowest BCUT2D eigenvalue weighted by atomic mass is 10.0. The predicted octanol–water partition coefficient (Wildman–Crippen LogP) is 3.76. The summed E-state index contributed by atoms with van der Waals surface area (Å²) in [6.45, 7) is 0. The number of nitrogens with zero attached hydrogens (tertiary/aromatic N) is 3. The Hall–Kier alpha value is -5.04. The molecule has 192 valence electrons. The van der Waals surface area contributed by atoms with Crippen molar-refractivity contribution in [1.82, 2.24) is 14.9 Å². The normalized spacial score (nSPS) is 11.5. The molecule has 11 nitrogen and oxygen atoms in total. The van der Waals surface area contributed by atoms with Gasteiger partial charge in [0.2, 0.25) is 0 Å². The topological polar surface area (TPSA) is 170 Å². The molecule has 0 bridgehead atoms. The second-order valence-corrected chi connectivity index (χ2v) is 10.3. The molecule has 5 rings (SSSR count). The van der Waals surface area contributed by atoms with E-state index < -0.39 is 33.2 Å². The summed E-state index contributed by atoms with van der Waals surface area (Å²) in [7, 11) is -3.58. The lowest BCUT2D eigenvalue weighted by Gasteiger charge is -2.12. The smallest absolute Gasteiger partial charge is 0.356 e. The van der Waals surface area contributed by atoms with Crippen LogP contribution in [0.1, 0.15) is 21.0 Å². The number of halogens is 1. The molecule has 0 atom stereocenters. The van der Waals surface area contributed by atoms with Gasteiger partial charge >= 0.3 is 5.97 Å². The van der Waals surface area contributed by atoms with E-state index in [9.17, 15) is 23.1 Å². The molecule has 0 aliphatic rings. The van der Waals surface area contributed by atoms with E-state index in [2.05, 4.69) is 15.6 Å². The van der Waals surface area contributed by atoms with Crippen molar-refractivity contribution in [1.29, 1.82) is 0 Å². The van der Waals surface area contributed by atoms with Crippen LogP contribution in [0.5, 0.6) is 0 Å². The van der Waals surface area contributed by atoms with Gasteiger partial charge in [-0.05, 0) is 42.0 Å². The van der Waals surface area contributed by atoms with E-state index in [1.165, 1.54) is 36.4 Å². The minimum absolute atomic E-state index is 0.0340. The molecule has 2 aromatic heterocycles. The minimum atomic E-state index is -3.58. The molecule has 0 unspecified atom stereocenters. The van der Waals surface area contributed by atoms with Gasteiger partial charge in [0.15, 0.2) is 26.9 Å². The number of fused-ring (bicyclic) bond motifs is 1. The summed E-state index contributed by atoms with van der Waals surface area (Å²) in [4.78, 5) is 24.8. The molecule has 0 saturated heterocycles. The molecule has 38 heavy (non-hydrogen) atoms. The van der Waals surface area contributed by atoms with Gasteiger partial charge in [-0.1, -0.05) is 29.4 Å². The van der Waals surface area contributed by atoms with Crippen molar-refractivity contribution in [3.8, 4) is 16.8 Å². The molecule has 13 heteroatoms. The lowest BCUT2D eigenvalue weighted by Crippen LogP contribution is -2.17. The number of amides is 1. The highest BCUT2D eigenvalue weighted by Gasteiger charge is 2.22. The number of hydrogen-bond donors (Lipinski definition) is 3. The Morgan fingerprint density at radius 3 is 2.55 bits per heavy atom. The number of nitrogen functional groups attached to an aromatic ring is 1. The zero-order chi connectivity index (χ0) is 27.2. The number of hydrogen-bond acceptors (Lipinski definition) is 8. The van der Waals surface area contributed by atoms with Crippen LogP contribution >= 0.6 is 0 Å². The Morgan fingerprint density at radius 1 is 1.08 bits per heavy atom. The molecule has 5 aromatic rings. The fraction of sp³-hybridized carbons (Fsp3) is 0.0400. The first-order valence-electron chi connectivity index (χ1n) is 10.9. The van der Waals surface area contributed by atoms with Gasteiger partial charge in [-0.15, -0.1) is 0 Å². The highest BCUT2D eigenvalue weighted by Crippen LogP contribution is 2.30. The molecule has 0 fully saturated rings. The number of aromatic nitrogens is 3. The Morgan fingerprint density at radius 2 is 1.84 bits per heavy atom. The molecule has 0 spiro atoms. The number of carbonyl (C=O) groups is 2. The Bertz CT molecular complexity index is 1860. The van der Waals surface area contributed by atoms with E-state index in [0.29, 0.717) is 27.8 Å². The van der Waals surface area contributed by atoms with Crippen molar-refractivity contribution in [2.75, 3.05) is 17.3 Å². The third kappa shape index (κ3) is 4.46. The van der Waals surface area contributed by atoms with Gasteiger partial charge in [-0.25, -0.2) is 22.3 Å². The highest BCUT2D eigenvalue weighted by molar-refractivity contribution is 7.90. The van der Waals surface area contributed by atoms with Crippen LogP contribution in [-0.2, 0) is 9.84 Å². The Kier molecular flexibility index (Phi) is 5.91. The maximum absolute atomic E-state index is 15.1. The first kappa shape index (κ1) is 24.6. The molecule has 4 N–H and O–H groups in total. The molecule has 0 radical (unpaired) electrons. The van der Waals surface area contributed by atoms with Gasteiger partial charge in [0.25, 0.3) is 5.91 Å². The predicted molar refractivity (Wildman–Crippen MR) is 135 cm³/mol. The van der Waals surface area contributed by atoms with Crippen LogP contribution in [0.3, 0.4) is 0 Å². The molecule has 1 amide bonds. The summed E-state index contributed by atoms with van der Waals surface area (Å²) in [5, 5.41) is 19.9. The average molecular weight is 536 g/mol. The van der Waals surface area contributed by atoms with Crippen LogP contribution in [0.2, 0.25) is 0 Å². The van der Waals surface area contributed by atoms with Crippen LogP contribution < -0.4 is 11.1 Å². The summed E-state index contributed by atoms with van der Waals surface area (Å²) >= 11 is 0. The van der Waals surface area contributed by atoms with E-state index in [1.807, 2.05) is 0 Å². The fourth-order valence-electron chi connectivity index (χ4n) is 3.92. The number of nitrogens with two attached hydrogens (primary N) is 1. The van der Waals surface area contributed by atoms with Crippen LogP contribution in [-0.4, -0.2) is 46.6 Å². The minimum Gasteiger partial charge on any atom is -0.476 e. The van der Waals surface area contributed by atoms with E-state index in [0.717, 1.165) is 23.1 Å². The molecule has 0 aliphatic carbocycles. The van der Waals surface area contributed by atoms with Crippen molar-refractivity contribution >= 4 is 44.2 Å². The zero-order valence-electron chi connectivity index (χ0n) is 19.5. The van der Waals surface area contributed by atoms with E-state index >= 15 is 4.39 Å². The lowest BCUT2D eigenvalue weighted by molar-refractivity contribution is 0.0689. The van der Waals surface area contributed by atoms with Crippen molar-refractivity contribution in [2.24, 2.45) is 0 Å². The zero-order valence-corrected chi connectivity index (χ0v) is 20.4. The number of carbonyl (C=O) groups excluding carboxylic acids is 1. The number of carboxylic acid groups (broad SMARTS) is 1. The first-order valence-corrected chi connectivity index (χ1v) is 12.8. The molecule has 2 heterocycles. The fourth-order valence-corrected chi connectivity index (χ4v) is 4.83. The maximum Gasteiger partial charge on any atom is 0.356 e. The van der Waals surface area contributed by atoms with E-state index in [1.54, 1.807) is 18.2 Å². The van der Waals surface area contributed by atoms with Gasteiger partial charge in [-0.2, -0.15) is 5.10 Å². The summed E-state index contributed by atoms with van der Waals surface area (Å²) in [5.74, 6) is -2.95. The molecular weight excluding hydrogens is 517 g/mol. The highest BCUT2D eigenvalue weighted by atomic mass is 32.2. The third-order valence-corrected chi connectivity index (χ3v) is 6.86. The molecule has 0 saturated carbocycles. The standard InChI is InChI=1S/C25H18FN5O6S/c1-38(35,36)22-5-3-2-4-15(22)13-6-8-18(17(26)10-13)28-24(32)20-12-19(25(33)34)29-31(20)14-7-9-21-16(11-14)23(27)30-37-21/h2-12H,1H3,(H2,27,30)(H,28,32)(H,33,34). The van der Waals surface area contributed by atoms with Gasteiger partial charge in [0.1, 0.15) is 11.5 Å². The van der Waals surface area contributed by atoms with E-state index in [4.69, 9.17) is 10.3 Å². The molecular formula is C25H18FN5O6S. The monoisotopic (exact) mass is 535 g/mol. The number of carboxylic acids is 1. The number of anilines is 2. The number of sulfone groups is 1. The SMILES string of the molecule is CS(=O)(=O)c1ccccc1-c1ccc(NC(=O)c2cc(C(=O)O)nn2-c2ccc3onc(N)c3c2)c(F)c1. The molecule has 3 aromatic carbocycles. The molecule has 0 aliphatic heterocycles. The summed E-state index contributed by atoms with van der Waals surface area (Å²) in [5.41, 5.74) is 6.24. The van der Waals surface area contributed by atoms with Crippen LogP contribution in [0.25, 0.3) is 27.8 Å². The number of nitrogens with one attached hydrogen (secondary N) is 1. The van der Waals surface area contributed by atoms with Gasteiger partial charge < -0.3 is 20.7 Å². The van der Waals surface area contributed by atoms with Crippen LogP contribution in [0.4, 0.5) is 15.9 Å². The second kappa shape index (κ2) is 9.12. The Balaban J connectivity index is 1.50. The number of rotatable bonds is 6. The first-order chi connectivity index (χ1) is 18.0. The van der Waals surface area contributed by atoms with E-state index in [-0.39, 0.29) is 22.1 Å². The van der Waals surface area contributed by atoms with Crippen molar-refractivity contribution < 1.29 is 32.0 Å². The maximum atomic E-state index is 15.1. The number of benzene rings is 3. The van der Waals surface area contributed by atoms with Gasteiger partial charge in [0, 0.05) is 17.9 Å². The second-order valence-electron chi connectivity index (χ2n) is 8.30. The Labute approximate surface area is 214 Å². The van der Waals surface area contributed by atoms with Crippen molar-refractivity contribution in [2.45, 2.75) is 4.90 Å². The quantitative estimate of drug-likeness (QED) is 0.293. The van der Waals surface area contributed by atoms with Crippen molar-refractivity contribution in [3.05, 3.63) is 83.9 Å². The summed E-state index contributed by atoms with van der Waals surface area (Å²) in [6, 6.07) is 15.6. The number of aromatic carboxylic acids is 1. The largest absolute Gasteiger partial charge is 0.476 e. The summed E-state index contributed by atoms with van der Waals surface area (Å²) in [6.07, 6.45) is 1.06. The average Bonchev–Trinajstić information content (AvgIpc) is 3.49. The van der Waals surface area contributed by atoms with Crippen molar-refractivity contribution in [3.63, 3.8) is 0 Å². The van der Waals surface area contributed by atoms with Crippen LogP contribution in [0.15, 0.2) is 76.1 Å². The van der Waals surface area contributed by atoms with Gasteiger partial charge in [-0.3, -0.25) is 4.79 Å². The van der Waals surface area contributed by atoms with Crippen LogP contribution in [0, 0.1) is 5.82 Å². The third-order valence-electron chi connectivity index (χ3n) is 5.70. The van der Waals surface area contributed by atoms with Gasteiger partial charge in [0.05, 0.1) is 21.7 Å².